The first-order valence-corrected chi connectivity index (χ1v) is 7.06. The van der Waals surface area contributed by atoms with Gasteiger partial charge in [-0.1, -0.05) is 29.3 Å². The number of ether oxygens (including phenoxy) is 1. The fraction of sp³-hybridized carbons (Fsp3) is 0.467. The molecule has 1 aromatic carbocycles. The molecular weight excluding hydrogens is 299 g/mol. The molecule has 1 unspecified atom stereocenters. The molecule has 0 aromatic heterocycles. The van der Waals surface area contributed by atoms with Gasteiger partial charge in [0.05, 0.1) is 0 Å². The number of ketones is 1. The zero-order valence-electron chi connectivity index (χ0n) is 12.0. The minimum absolute atomic E-state index is 0.0128. The highest BCUT2D eigenvalue weighted by Gasteiger charge is 2.27. The maximum atomic E-state index is 12.1. The van der Waals surface area contributed by atoms with Crippen LogP contribution in [0.25, 0.3) is 0 Å². The summed E-state index contributed by atoms with van der Waals surface area (Å²) in [6.07, 6.45) is 0.0128. The van der Waals surface area contributed by atoms with E-state index in [1.165, 1.54) is 6.92 Å². The standard InChI is InChI=1S/C15H18Cl2O3/c1-9(14(19)20-15(2,3)4)13(18)8-10-11(16)6-5-7-12(10)17/h5-7,9H,8H2,1-4H3. The molecule has 0 aliphatic carbocycles. The Morgan fingerprint density at radius 2 is 1.70 bits per heavy atom. The molecule has 0 saturated heterocycles. The second kappa shape index (κ2) is 6.59. The van der Waals surface area contributed by atoms with Gasteiger partial charge in [-0.05, 0) is 45.4 Å². The Kier molecular flexibility index (Phi) is 5.60. The van der Waals surface area contributed by atoms with E-state index in [-0.39, 0.29) is 12.2 Å². The van der Waals surface area contributed by atoms with Crippen LogP contribution in [0.3, 0.4) is 0 Å². The van der Waals surface area contributed by atoms with Gasteiger partial charge >= 0.3 is 5.97 Å². The van der Waals surface area contributed by atoms with Crippen molar-refractivity contribution >= 4 is 35.0 Å². The summed E-state index contributed by atoms with van der Waals surface area (Å²) in [6.45, 7) is 6.80. The van der Waals surface area contributed by atoms with Crippen LogP contribution in [-0.4, -0.2) is 17.4 Å². The van der Waals surface area contributed by atoms with E-state index in [9.17, 15) is 9.59 Å². The van der Waals surface area contributed by atoms with Crippen molar-refractivity contribution in [3.05, 3.63) is 33.8 Å². The monoisotopic (exact) mass is 316 g/mol. The summed E-state index contributed by atoms with van der Waals surface area (Å²) in [5, 5.41) is 0.837. The van der Waals surface area contributed by atoms with Crippen LogP contribution in [-0.2, 0) is 20.7 Å². The molecule has 0 aliphatic heterocycles. The number of hydrogen-bond donors (Lipinski definition) is 0. The molecule has 0 bridgehead atoms. The number of hydrogen-bond acceptors (Lipinski definition) is 3. The highest BCUT2D eigenvalue weighted by atomic mass is 35.5. The number of esters is 1. The quantitative estimate of drug-likeness (QED) is 0.621. The van der Waals surface area contributed by atoms with Gasteiger partial charge in [0.25, 0.3) is 0 Å². The number of benzene rings is 1. The summed E-state index contributed by atoms with van der Waals surface area (Å²) in [6, 6.07) is 5.03. The number of Topliss-reactive ketones (excluding diaryl/α,β-unsaturated/α-hetero) is 1. The molecule has 20 heavy (non-hydrogen) atoms. The van der Waals surface area contributed by atoms with E-state index in [2.05, 4.69) is 0 Å². The zero-order valence-corrected chi connectivity index (χ0v) is 13.5. The molecule has 1 atom stereocenters. The lowest BCUT2D eigenvalue weighted by molar-refractivity contribution is -0.161. The molecule has 1 rings (SSSR count). The largest absolute Gasteiger partial charge is 0.459 e. The normalized spacial score (nSPS) is 12.9. The van der Waals surface area contributed by atoms with Gasteiger partial charge in [0, 0.05) is 16.5 Å². The Morgan fingerprint density at radius 3 is 2.15 bits per heavy atom. The van der Waals surface area contributed by atoms with Gasteiger partial charge in [-0.2, -0.15) is 0 Å². The van der Waals surface area contributed by atoms with Gasteiger partial charge in [-0.25, -0.2) is 0 Å². The van der Waals surface area contributed by atoms with E-state index in [1.807, 2.05) is 0 Å². The lowest BCUT2D eigenvalue weighted by Gasteiger charge is -2.21. The Balaban J connectivity index is 2.79. The lowest BCUT2D eigenvalue weighted by Crippen LogP contribution is -2.32. The predicted octanol–water partition coefficient (Wildman–Crippen LogP) is 4.08. The molecule has 0 aliphatic rings. The molecular formula is C15H18Cl2O3. The van der Waals surface area contributed by atoms with Crippen molar-refractivity contribution in [3.63, 3.8) is 0 Å². The van der Waals surface area contributed by atoms with Crippen LogP contribution in [0.15, 0.2) is 18.2 Å². The third-order valence-electron chi connectivity index (χ3n) is 2.66. The Hall–Kier alpha value is -1.06. The molecule has 5 heteroatoms. The van der Waals surface area contributed by atoms with Gasteiger partial charge in [0.2, 0.25) is 0 Å². The minimum atomic E-state index is -0.846. The Bertz CT molecular complexity index is 498. The molecule has 0 fully saturated rings. The number of carbonyl (C=O) groups excluding carboxylic acids is 2. The molecule has 110 valence electrons. The highest BCUT2D eigenvalue weighted by molar-refractivity contribution is 6.36. The molecule has 0 heterocycles. The van der Waals surface area contributed by atoms with Crippen LogP contribution in [0.4, 0.5) is 0 Å². The topological polar surface area (TPSA) is 43.4 Å². The third kappa shape index (κ3) is 4.80. The maximum Gasteiger partial charge on any atom is 0.316 e. The van der Waals surface area contributed by atoms with Gasteiger partial charge in [0.15, 0.2) is 5.78 Å². The number of carbonyl (C=O) groups is 2. The van der Waals surface area contributed by atoms with Crippen molar-refractivity contribution in [2.45, 2.75) is 39.7 Å². The first kappa shape index (κ1) is 17.0. The Morgan fingerprint density at radius 1 is 1.20 bits per heavy atom. The average Bonchev–Trinajstić information content (AvgIpc) is 2.30. The van der Waals surface area contributed by atoms with E-state index in [4.69, 9.17) is 27.9 Å². The van der Waals surface area contributed by atoms with E-state index in [0.29, 0.717) is 15.6 Å². The molecule has 0 saturated carbocycles. The highest BCUT2D eigenvalue weighted by Crippen LogP contribution is 2.26. The van der Waals surface area contributed by atoms with Crippen molar-refractivity contribution in [3.8, 4) is 0 Å². The SMILES string of the molecule is CC(C(=O)Cc1c(Cl)cccc1Cl)C(=O)OC(C)(C)C. The number of rotatable bonds is 4. The fourth-order valence-corrected chi connectivity index (χ4v) is 2.08. The summed E-state index contributed by atoms with van der Waals surface area (Å²) >= 11 is 12.0. The first-order chi connectivity index (χ1) is 9.11. The minimum Gasteiger partial charge on any atom is -0.459 e. The van der Waals surface area contributed by atoms with Crippen molar-refractivity contribution in [1.82, 2.24) is 0 Å². The van der Waals surface area contributed by atoms with E-state index in [1.54, 1.807) is 39.0 Å². The van der Waals surface area contributed by atoms with Crippen LogP contribution in [0.1, 0.15) is 33.3 Å². The van der Waals surface area contributed by atoms with E-state index < -0.39 is 17.5 Å². The van der Waals surface area contributed by atoms with Crippen LogP contribution in [0.5, 0.6) is 0 Å². The van der Waals surface area contributed by atoms with Crippen LogP contribution in [0.2, 0.25) is 10.0 Å². The van der Waals surface area contributed by atoms with Crippen LogP contribution in [0, 0.1) is 5.92 Å². The zero-order chi connectivity index (χ0) is 15.5. The lowest BCUT2D eigenvalue weighted by atomic mass is 9.99. The van der Waals surface area contributed by atoms with Crippen molar-refractivity contribution in [2.75, 3.05) is 0 Å². The van der Waals surface area contributed by atoms with E-state index >= 15 is 0 Å². The van der Waals surface area contributed by atoms with Crippen LogP contribution < -0.4 is 0 Å². The first-order valence-electron chi connectivity index (χ1n) is 6.30. The summed E-state index contributed by atoms with van der Waals surface area (Å²) < 4.78 is 5.19. The smallest absolute Gasteiger partial charge is 0.316 e. The molecule has 0 radical (unpaired) electrons. The summed E-state index contributed by atoms with van der Waals surface area (Å²) in [5.41, 5.74) is -0.0792. The van der Waals surface area contributed by atoms with Gasteiger partial charge in [-0.3, -0.25) is 9.59 Å². The Labute approximate surface area is 129 Å². The molecule has 0 spiro atoms. The van der Waals surface area contributed by atoms with Crippen molar-refractivity contribution in [2.24, 2.45) is 5.92 Å². The molecule has 3 nitrogen and oxygen atoms in total. The maximum absolute atomic E-state index is 12.1. The summed E-state index contributed by atoms with van der Waals surface area (Å²) in [4.78, 5) is 24.0. The summed E-state index contributed by atoms with van der Waals surface area (Å²) in [7, 11) is 0. The van der Waals surface area contributed by atoms with Gasteiger partial charge < -0.3 is 4.74 Å². The second-order valence-electron chi connectivity index (χ2n) is 5.60. The molecule has 1 aromatic rings. The molecule has 0 amide bonds. The average molecular weight is 317 g/mol. The molecule has 0 N–H and O–H groups in total. The van der Waals surface area contributed by atoms with Crippen molar-refractivity contribution < 1.29 is 14.3 Å². The van der Waals surface area contributed by atoms with E-state index in [0.717, 1.165) is 0 Å². The van der Waals surface area contributed by atoms with Gasteiger partial charge in [0.1, 0.15) is 11.5 Å². The second-order valence-corrected chi connectivity index (χ2v) is 6.41. The summed E-state index contributed by atoms with van der Waals surface area (Å²) in [5.74, 6) is -1.65. The fourth-order valence-electron chi connectivity index (χ4n) is 1.55. The van der Waals surface area contributed by atoms with Crippen molar-refractivity contribution in [1.29, 1.82) is 0 Å². The third-order valence-corrected chi connectivity index (χ3v) is 3.36. The number of halogens is 2. The van der Waals surface area contributed by atoms with Gasteiger partial charge in [-0.15, -0.1) is 0 Å². The van der Waals surface area contributed by atoms with Crippen LogP contribution >= 0.6 is 23.2 Å². The predicted molar refractivity (Wildman–Crippen MR) is 80.2 cm³/mol.